The molecule has 1 aromatic rings. The van der Waals surface area contributed by atoms with Crippen molar-refractivity contribution in [3.8, 4) is 0 Å². The van der Waals surface area contributed by atoms with Gasteiger partial charge in [0.2, 0.25) is 0 Å². The molecule has 2 rings (SSSR count). The highest BCUT2D eigenvalue weighted by Gasteiger charge is 2.22. The Kier molecular flexibility index (Phi) is 5.81. The lowest BCUT2D eigenvalue weighted by Crippen LogP contribution is -2.37. The van der Waals surface area contributed by atoms with E-state index < -0.39 is 17.7 Å². The molecule has 0 radical (unpaired) electrons. The van der Waals surface area contributed by atoms with Gasteiger partial charge in [0.05, 0.1) is 6.10 Å². The van der Waals surface area contributed by atoms with Gasteiger partial charge in [0.25, 0.3) is 0 Å². The molecule has 3 unspecified atom stereocenters. The summed E-state index contributed by atoms with van der Waals surface area (Å²) in [4.78, 5) is 0. The molecule has 1 aromatic carbocycles. The summed E-state index contributed by atoms with van der Waals surface area (Å²) in [5, 5.41) is 13.9. The van der Waals surface area contributed by atoms with Crippen LogP contribution in [-0.4, -0.2) is 29.2 Å². The molecule has 0 amide bonds. The summed E-state index contributed by atoms with van der Waals surface area (Å²) in [5.41, 5.74) is 0.0229. The van der Waals surface area contributed by atoms with E-state index >= 15 is 0 Å². The van der Waals surface area contributed by atoms with Crippen LogP contribution in [0.25, 0.3) is 0 Å². The SMILES string of the molecule is CSC1CCCC(NCC(O)c2cc(F)ccc2F)C1. The first kappa shape index (κ1) is 15.7. The first-order valence-electron chi connectivity index (χ1n) is 6.99. The topological polar surface area (TPSA) is 32.3 Å². The standard InChI is InChI=1S/C15H21F2NOS/c1-20-12-4-2-3-11(8-12)18-9-15(19)13-7-10(16)5-6-14(13)17/h5-7,11-12,15,18-19H,2-4,8-9H2,1H3. The van der Waals surface area contributed by atoms with E-state index in [2.05, 4.69) is 11.6 Å². The van der Waals surface area contributed by atoms with Gasteiger partial charge in [0.1, 0.15) is 11.6 Å². The highest BCUT2D eigenvalue weighted by Crippen LogP contribution is 2.27. The van der Waals surface area contributed by atoms with Gasteiger partial charge in [-0.3, -0.25) is 0 Å². The second kappa shape index (κ2) is 7.38. The molecule has 112 valence electrons. The van der Waals surface area contributed by atoms with E-state index in [0.717, 1.165) is 31.0 Å². The molecule has 2 N–H and O–H groups in total. The number of aliphatic hydroxyl groups is 1. The molecule has 0 heterocycles. The van der Waals surface area contributed by atoms with E-state index in [-0.39, 0.29) is 12.1 Å². The van der Waals surface area contributed by atoms with Crippen molar-refractivity contribution in [2.75, 3.05) is 12.8 Å². The van der Waals surface area contributed by atoms with Crippen LogP contribution >= 0.6 is 11.8 Å². The van der Waals surface area contributed by atoms with Crippen LogP contribution in [0.2, 0.25) is 0 Å². The van der Waals surface area contributed by atoms with Crippen molar-refractivity contribution in [1.82, 2.24) is 5.32 Å². The van der Waals surface area contributed by atoms with Crippen LogP contribution in [0, 0.1) is 11.6 Å². The van der Waals surface area contributed by atoms with Gasteiger partial charge in [-0.2, -0.15) is 11.8 Å². The minimum Gasteiger partial charge on any atom is -0.387 e. The Morgan fingerprint density at radius 3 is 2.95 bits per heavy atom. The maximum Gasteiger partial charge on any atom is 0.129 e. The Balaban J connectivity index is 1.88. The third-order valence-corrected chi connectivity index (χ3v) is 4.97. The monoisotopic (exact) mass is 301 g/mol. The zero-order chi connectivity index (χ0) is 14.5. The number of nitrogens with one attached hydrogen (secondary N) is 1. The van der Waals surface area contributed by atoms with Crippen molar-refractivity contribution in [3.05, 3.63) is 35.4 Å². The number of aliphatic hydroxyl groups excluding tert-OH is 1. The molecular formula is C15H21F2NOS. The molecule has 0 saturated heterocycles. The Morgan fingerprint density at radius 2 is 2.20 bits per heavy atom. The average Bonchev–Trinajstić information content (AvgIpc) is 2.47. The number of rotatable bonds is 5. The molecule has 1 aliphatic rings. The van der Waals surface area contributed by atoms with Gasteiger partial charge >= 0.3 is 0 Å². The summed E-state index contributed by atoms with van der Waals surface area (Å²) in [7, 11) is 0. The first-order chi connectivity index (χ1) is 9.60. The Hall–Kier alpha value is -0.650. The highest BCUT2D eigenvalue weighted by atomic mass is 32.2. The number of halogens is 2. The lowest BCUT2D eigenvalue weighted by Gasteiger charge is -2.29. The van der Waals surface area contributed by atoms with Crippen LogP contribution in [0.5, 0.6) is 0 Å². The first-order valence-corrected chi connectivity index (χ1v) is 8.28. The minimum atomic E-state index is -1.01. The molecule has 0 aromatic heterocycles. The average molecular weight is 301 g/mol. The molecule has 2 nitrogen and oxygen atoms in total. The number of thioether (sulfide) groups is 1. The van der Waals surface area contributed by atoms with Crippen LogP contribution in [0.15, 0.2) is 18.2 Å². The van der Waals surface area contributed by atoms with Gasteiger partial charge in [-0.15, -0.1) is 0 Å². The van der Waals surface area contributed by atoms with Gasteiger partial charge in [-0.05, 0) is 43.7 Å². The van der Waals surface area contributed by atoms with E-state index in [9.17, 15) is 13.9 Å². The number of hydrogen-bond acceptors (Lipinski definition) is 3. The van der Waals surface area contributed by atoms with Crippen LogP contribution in [0.1, 0.15) is 37.4 Å². The molecule has 5 heteroatoms. The lowest BCUT2D eigenvalue weighted by molar-refractivity contribution is 0.161. The zero-order valence-corrected chi connectivity index (χ0v) is 12.4. The number of hydrogen-bond donors (Lipinski definition) is 2. The predicted molar refractivity (Wildman–Crippen MR) is 78.9 cm³/mol. The third-order valence-electron chi connectivity index (χ3n) is 3.88. The van der Waals surface area contributed by atoms with E-state index in [1.54, 1.807) is 0 Å². The summed E-state index contributed by atoms with van der Waals surface area (Å²) < 4.78 is 26.6. The van der Waals surface area contributed by atoms with Crippen molar-refractivity contribution >= 4 is 11.8 Å². The molecular weight excluding hydrogens is 280 g/mol. The lowest BCUT2D eigenvalue weighted by atomic mass is 9.94. The Bertz CT molecular complexity index is 444. The molecule has 1 aliphatic carbocycles. The summed E-state index contributed by atoms with van der Waals surface area (Å²) in [6.07, 6.45) is 5.66. The summed E-state index contributed by atoms with van der Waals surface area (Å²) in [5.74, 6) is -1.09. The van der Waals surface area contributed by atoms with E-state index in [4.69, 9.17) is 0 Å². The second-order valence-electron chi connectivity index (χ2n) is 5.31. The summed E-state index contributed by atoms with van der Waals surface area (Å²) in [6.45, 7) is 0.256. The highest BCUT2D eigenvalue weighted by molar-refractivity contribution is 7.99. The normalized spacial score (nSPS) is 24.6. The van der Waals surface area contributed by atoms with Gasteiger partial charge in [0, 0.05) is 23.4 Å². The van der Waals surface area contributed by atoms with Crippen molar-refractivity contribution in [1.29, 1.82) is 0 Å². The second-order valence-corrected chi connectivity index (χ2v) is 6.45. The van der Waals surface area contributed by atoms with Gasteiger partial charge in [-0.25, -0.2) is 8.78 Å². The number of benzene rings is 1. The zero-order valence-electron chi connectivity index (χ0n) is 11.6. The van der Waals surface area contributed by atoms with Gasteiger partial charge < -0.3 is 10.4 Å². The largest absolute Gasteiger partial charge is 0.387 e. The van der Waals surface area contributed by atoms with Crippen LogP contribution in [0.4, 0.5) is 8.78 Å². The van der Waals surface area contributed by atoms with Crippen molar-refractivity contribution in [3.63, 3.8) is 0 Å². The molecule has 20 heavy (non-hydrogen) atoms. The molecule has 0 spiro atoms. The van der Waals surface area contributed by atoms with Gasteiger partial charge in [-0.1, -0.05) is 6.42 Å². The molecule has 0 bridgehead atoms. The maximum atomic E-state index is 13.5. The van der Waals surface area contributed by atoms with E-state index in [1.165, 1.54) is 12.8 Å². The fourth-order valence-electron chi connectivity index (χ4n) is 2.70. The van der Waals surface area contributed by atoms with Crippen LogP contribution in [-0.2, 0) is 0 Å². The predicted octanol–water partition coefficient (Wildman–Crippen LogP) is 3.26. The van der Waals surface area contributed by atoms with E-state index in [0.29, 0.717) is 11.3 Å². The molecule has 0 aliphatic heterocycles. The third kappa shape index (κ3) is 4.17. The summed E-state index contributed by atoms with van der Waals surface area (Å²) >= 11 is 1.87. The van der Waals surface area contributed by atoms with Gasteiger partial charge in [0.15, 0.2) is 0 Å². The fraction of sp³-hybridized carbons (Fsp3) is 0.600. The van der Waals surface area contributed by atoms with Crippen molar-refractivity contribution in [2.45, 2.75) is 43.1 Å². The summed E-state index contributed by atoms with van der Waals surface area (Å²) in [6, 6.07) is 3.53. The Morgan fingerprint density at radius 1 is 1.40 bits per heavy atom. The molecule has 3 atom stereocenters. The molecule has 1 fully saturated rings. The smallest absolute Gasteiger partial charge is 0.129 e. The van der Waals surface area contributed by atoms with Crippen LogP contribution < -0.4 is 5.32 Å². The van der Waals surface area contributed by atoms with Crippen molar-refractivity contribution < 1.29 is 13.9 Å². The maximum absolute atomic E-state index is 13.5. The fourth-order valence-corrected chi connectivity index (χ4v) is 3.53. The van der Waals surface area contributed by atoms with Crippen LogP contribution in [0.3, 0.4) is 0 Å². The Labute approximate surface area is 123 Å². The molecule has 1 saturated carbocycles. The minimum absolute atomic E-state index is 0.0229. The van der Waals surface area contributed by atoms with Crippen molar-refractivity contribution in [2.24, 2.45) is 0 Å². The quantitative estimate of drug-likeness (QED) is 0.875. The van der Waals surface area contributed by atoms with E-state index in [1.807, 2.05) is 11.8 Å².